The van der Waals surface area contributed by atoms with Crippen molar-refractivity contribution >= 4 is 18.9 Å². The van der Waals surface area contributed by atoms with Crippen LogP contribution in [0.4, 0.5) is 0 Å². The third kappa shape index (κ3) is 3.13. The number of thioether (sulfide) groups is 1. The smallest absolute Gasteiger partial charge is 0.423 e. The van der Waals surface area contributed by atoms with Crippen molar-refractivity contribution in [1.29, 1.82) is 0 Å². The van der Waals surface area contributed by atoms with E-state index in [9.17, 15) is 0 Å². The van der Waals surface area contributed by atoms with Crippen molar-refractivity contribution in [2.45, 2.75) is 0 Å². The van der Waals surface area contributed by atoms with Gasteiger partial charge >= 0.3 is 7.12 Å². The van der Waals surface area contributed by atoms with Crippen LogP contribution >= 0.6 is 11.8 Å². The summed E-state index contributed by atoms with van der Waals surface area (Å²) >= 11 is 1.52. The molecule has 0 aliphatic heterocycles. The molecule has 0 rings (SSSR count). The molecule has 0 aromatic heterocycles. The second-order valence-corrected chi connectivity index (χ2v) is 2.33. The zero-order valence-electron chi connectivity index (χ0n) is 4.79. The van der Waals surface area contributed by atoms with Gasteiger partial charge in [-0.1, -0.05) is 0 Å². The van der Waals surface area contributed by atoms with Gasteiger partial charge in [0.2, 0.25) is 0 Å². The predicted molar refractivity (Wildman–Crippen MR) is 37.7 cm³/mol. The van der Waals surface area contributed by atoms with Crippen molar-refractivity contribution in [2.75, 3.05) is 12.0 Å². The fraction of sp³-hybridized carbons (Fsp3) is 0.500. The third-order valence-electron chi connectivity index (χ3n) is 0.695. The minimum absolute atomic E-state index is 0.456. The van der Waals surface area contributed by atoms with Crippen LogP contribution in [-0.2, 0) is 0 Å². The summed E-state index contributed by atoms with van der Waals surface area (Å²) < 4.78 is 0. The molecule has 0 aliphatic rings. The summed E-state index contributed by atoms with van der Waals surface area (Å²) in [5.74, 6) is 0.609. The van der Waals surface area contributed by atoms with E-state index in [1.807, 2.05) is 6.26 Å². The molecule has 4 heteroatoms. The molecule has 8 heavy (non-hydrogen) atoms. The first kappa shape index (κ1) is 8.07. The van der Waals surface area contributed by atoms with Gasteiger partial charge in [-0.05, 0) is 11.7 Å². The monoisotopic (exact) mass is 132 g/mol. The average Bonchev–Trinajstić information content (AvgIpc) is 1.67. The Morgan fingerprint density at radius 1 is 1.75 bits per heavy atom. The van der Waals surface area contributed by atoms with Crippen molar-refractivity contribution < 1.29 is 10.0 Å². The normalized spacial score (nSPS) is 8.88. The van der Waals surface area contributed by atoms with Crippen LogP contribution in [0, 0.1) is 0 Å². The van der Waals surface area contributed by atoms with Gasteiger partial charge in [0.1, 0.15) is 0 Å². The summed E-state index contributed by atoms with van der Waals surface area (Å²) in [6.07, 6.45) is 1.88. The van der Waals surface area contributed by atoms with E-state index in [1.54, 1.807) is 0 Å². The standard InChI is InChI=1S/C4H9BO2S/c1-4(3-8-2)5(6)7/h6-7H,1,3H2,2H3. The first-order valence-electron chi connectivity index (χ1n) is 2.21. The predicted octanol–water partition coefficient (Wildman–Crippen LogP) is -0.0824. The van der Waals surface area contributed by atoms with Gasteiger partial charge in [0.15, 0.2) is 0 Å². The topological polar surface area (TPSA) is 40.5 Å². The van der Waals surface area contributed by atoms with Crippen LogP contribution in [-0.4, -0.2) is 29.2 Å². The lowest BCUT2D eigenvalue weighted by Gasteiger charge is -1.98. The van der Waals surface area contributed by atoms with E-state index in [-0.39, 0.29) is 0 Å². The molecule has 0 radical (unpaired) electrons. The Morgan fingerprint density at radius 3 is 2.38 bits per heavy atom. The fourth-order valence-corrected chi connectivity index (χ4v) is 0.780. The van der Waals surface area contributed by atoms with Crippen LogP contribution in [0.25, 0.3) is 0 Å². The molecule has 0 atom stereocenters. The maximum absolute atomic E-state index is 8.39. The lowest BCUT2D eigenvalue weighted by atomic mass is 9.82. The number of rotatable bonds is 3. The summed E-state index contributed by atoms with van der Waals surface area (Å²) in [5.41, 5.74) is 0.456. The van der Waals surface area contributed by atoms with Gasteiger partial charge in [-0.15, -0.1) is 6.58 Å². The van der Waals surface area contributed by atoms with Crippen molar-refractivity contribution in [3.8, 4) is 0 Å². The Balaban J connectivity index is 3.33. The Morgan fingerprint density at radius 2 is 2.25 bits per heavy atom. The van der Waals surface area contributed by atoms with Gasteiger partial charge in [-0.3, -0.25) is 0 Å². The Kier molecular flexibility index (Phi) is 4.04. The Labute approximate surface area is 53.7 Å². The number of hydrogen-bond donors (Lipinski definition) is 2. The summed E-state index contributed by atoms with van der Waals surface area (Å²) in [7, 11) is -1.34. The molecule has 0 bridgehead atoms. The average molecular weight is 132 g/mol. The lowest BCUT2D eigenvalue weighted by molar-refractivity contribution is 0.419. The summed E-state index contributed by atoms with van der Waals surface area (Å²) in [5, 5.41) is 16.8. The summed E-state index contributed by atoms with van der Waals surface area (Å²) in [6, 6.07) is 0. The summed E-state index contributed by atoms with van der Waals surface area (Å²) in [6.45, 7) is 3.42. The molecule has 0 amide bonds. The van der Waals surface area contributed by atoms with Crippen LogP contribution in [0.2, 0.25) is 0 Å². The maximum Gasteiger partial charge on any atom is 0.484 e. The first-order chi connectivity index (χ1) is 3.68. The molecule has 0 fully saturated rings. The largest absolute Gasteiger partial charge is 0.484 e. The Hall–Kier alpha value is 0.0749. The van der Waals surface area contributed by atoms with Gasteiger partial charge < -0.3 is 10.0 Å². The highest BCUT2D eigenvalue weighted by atomic mass is 32.2. The molecule has 0 saturated carbocycles. The fourth-order valence-electron chi connectivity index (χ4n) is 0.260. The van der Waals surface area contributed by atoms with E-state index in [4.69, 9.17) is 10.0 Å². The SMILES string of the molecule is C=C(CSC)B(O)O. The van der Waals surface area contributed by atoms with Crippen molar-refractivity contribution in [3.05, 3.63) is 12.1 Å². The van der Waals surface area contributed by atoms with Crippen LogP contribution in [0.15, 0.2) is 12.1 Å². The molecule has 46 valence electrons. The Bertz CT molecular complexity index is 84.1. The summed E-state index contributed by atoms with van der Waals surface area (Å²) in [4.78, 5) is 0. The number of hydrogen-bond acceptors (Lipinski definition) is 3. The van der Waals surface area contributed by atoms with E-state index >= 15 is 0 Å². The highest BCUT2D eigenvalue weighted by molar-refractivity contribution is 7.98. The quantitative estimate of drug-likeness (QED) is 0.527. The second kappa shape index (κ2) is 4.00. The molecular formula is C4H9BO2S. The highest BCUT2D eigenvalue weighted by Crippen LogP contribution is 2.01. The first-order valence-corrected chi connectivity index (χ1v) is 3.60. The molecule has 0 spiro atoms. The van der Waals surface area contributed by atoms with E-state index in [0.717, 1.165) is 0 Å². The molecular weight excluding hydrogens is 123 g/mol. The lowest BCUT2D eigenvalue weighted by Crippen LogP contribution is -2.15. The zero-order valence-corrected chi connectivity index (χ0v) is 5.61. The van der Waals surface area contributed by atoms with Crippen molar-refractivity contribution in [3.63, 3.8) is 0 Å². The highest BCUT2D eigenvalue weighted by Gasteiger charge is 2.09. The van der Waals surface area contributed by atoms with Gasteiger partial charge in [0.25, 0.3) is 0 Å². The van der Waals surface area contributed by atoms with Crippen LogP contribution < -0.4 is 0 Å². The van der Waals surface area contributed by atoms with Gasteiger partial charge in [-0.2, -0.15) is 11.8 Å². The molecule has 0 aromatic carbocycles. The zero-order chi connectivity index (χ0) is 6.57. The molecule has 0 saturated heterocycles. The van der Waals surface area contributed by atoms with Crippen molar-refractivity contribution in [2.24, 2.45) is 0 Å². The van der Waals surface area contributed by atoms with Gasteiger partial charge in [0, 0.05) is 5.75 Å². The van der Waals surface area contributed by atoms with E-state index in [0.29, 0.717) is 11.2 Å². The minimum Gasteiger partial charge on any atom is -0.423 e. The molecule has 2 nitrogen and oxygen atoms in total. The minimum atomic E-state index is -1.34. The van der Waals surface area contributed by atoms with Crippen molar-refractivity contribution in [1.82, 2.24) is 0 Å². The molecule has 0 heterocycles. The van der Waals surface area contributed by atoms with E-state index in [1.165, 1.54) is 11.8 Å². The van der Waals surface area contributed by atoms with Gasteiger partial charge in [0.05, 0.1) is 0 Å². The molecule has 0 aliphatic carbocycles. The maximum atomic E-state index is 8.39. The van der Waals surface area contributed by atoms with Crippen LogP contribution in [0.5, 0.6) is 0 Å². The van der Waals surface area contributed by atoms with Crippen LogP contribution in [0.3, 0.4) is 0 Å². The van der Waals surface area contributed by atoms with E-state index in [2.05, 4.69) is 6.58 Å². The second-order valence-electron chi connectivity index (χ2n) is 1.46. The third-order valence-corrected chi connectivity index (χ3v) is 1.35. The molecule has 0 unspecified atom stereocenters. The molecule has 0 aromatic rings. The van der Waals surface area contributed by atoms with Crippen LogP contribution in [0.1, 0.15) is 0 Å². The van der Waals surface area contributed by atoms with Gasteiger partial charge in [-0.25, -0.2) is 0 Å². The molecule has 2 N–H and O–H groups in total. The van der Waals surface area contributed by atoms with E-state index < -0.39 is 7.12 Å².